The number of rotatable bonds is 7. The van der Waals surface area contributed by atoms with Crippen LogP contribution in [0.4, 0.5) is 5.69 Å². The number of aromatic nitrogens is 1. The van der Waals surface area contributed by atoms with Gasteiger partial charge in [0.1, 0.15) is 5.75 Å². The normalized spacial score (nSPS) is 15.1. The van der Waals surface area contributed by atoms with Gasteiger partial charge in [-0.1, -0.05) is 6.42 Å². The molecule has 0 aliphatic carbocycles. The summed E-state index contributed by atoms with van der Waals surface area (Å²) in [5.74, 6) is 0.793. The molecule has 3 N–H and O–H groups in total. The first-order valence-corrected chi connectivity index (χ1v) is 12.8. The first-order valence-electron chi connectivity index (χ1n) is 10.9. The lowest BCUT2D eigenvalue weighted by molar-refractivity contribution is 0.340. The van der Waals surface area contributed by atoms with Gasteiger partial charge in [-0.15, -0.1) is 0 Å². The van der Waals surface area contributed by atoms with Gasteiger partial charge in [-0.05, 0) is 74.4 Å². The molecule has 3 aromatic rings. The number of sulfonamides is 1. The van der Waals surface area contributed by atoms with E-state index in [9.17, 15) is 8.42 Å². The lowest BCUT2D eigenvalue weighted by Gasteiger charge is -2.25. The van der Waals surface area contributed by atoms with Crippen molar-refractivity contribution in [2.24, 2.45) is 5.10 Å². The highest BCUT2D eigenvalue weighted by Gasteiger charge is 2.26. The Kier molecular flexibility index (Phi) is 7.26. The molecule has 0 unspecified atom stereocenters. The van der Waals surface area contributed by atoms with Crippen LogP contribution < -0.4 is 15.5 Å². The van der Waals surface area contributed by atoms with Gasteiger partial charge in [-0.2, -0.15) is 9.41 Å². The van der Waals surface area contributed by atoms with Crippen LogP contribution in [-0.2, 0) is 10.0 Å². The lowest BCUT2D eigenvalue weighted by atomic mass is 10.2. The standard InChI is InChI=1S/C23H27N5O3S2/c1-2-31-19-8-6-18(7-9-19)26-23(32)27-25-16-17-15-24-22-11-10-20(14-21(17)22)33(29,30)28-12-4-3-5-13-28/h6-11,14-16,24H,2-5,12-13H2,1H3,(H2,26,27,32). The number of thiocarbonyl (C=S) groups is 1. The first-order chi connectivity index (χ1) is 16.0. The molecule has 1 aliphatic rings. The van der Waals surface area contributed by atoms with Crippen LogP contribution in [0.2, 0.25) is 0 Å². The van der Waals surface area contributed by atoms with Crippen LogP contribution in [0.15, 0.2) is 58.7 Å². The second-order valence-corrected chi connectivity index (χ2v) is 10.0. The third kappa shape index (κ3) is 5.52. The monoisotopic (exact) mass is 485 g/mol. The van der Waals surface area contributed by atoms with Crippen molar-refractivity contribution in [3.05, 3.63) is 54.2 Å². The summed E-state index contributed by atoms with van der Waals surface area (Å²) in [6.45, 7) is 3.70. The number of hydrogen-bond acceptors (Lipinski definition) is 5. The second kappa shape index (κ2) is 10.3. The van der Waals surface area contributed by atoms with Crippen LogP contribution in [0.3, 0.4) is 0 Å². The second-order valence-electron chi connectivity index (χ2n) is 7.70. The fourth-order valence-electron chi connectivity index (χ4n) is 3.76. The summed E-state index contributed by atoms with van der Waals surface area (Å²) in [6.07, 6.45) is 6.28. The van der Waals surface area contributed by atoms with Gasteiger partial charge < -0.3 is 15.0 Å². The molecule has 0 spiro atoms. The van der Waals surface area contributed by atoms with E-state index in [1.165, 1.54) is 0 Å². The van der Waals surface area contributed by atoms with E-state index in [1.807, 2.05) is 31.2 Å². The molecule has 0 bridgehead atoms. The van der Waals surface area contributed by atoms with Gasteiger partial charge in [0.2, 0.25) is 10.0 Å². The molecule has 10 heteroatoms. The number of nitrogens with zero attached hydrogens (tertiary/aromatic N) is 2. The van der Waals surface area contributed by atoms with Crippen LogP contribution in [0.25, 0.3) is 10.9 Å². The van der Waals surface area contributed by atoms with Crippen molar-refractivity contribution in [2.75, 3.05) is 25.0 Å². The maximum Gasteiger partial charge on any atom is 0.243 e. The minimum Gasteiger partial charge on any atom is -0.494 e. The maximum absolute atomic E-state index is 13.0. The molecule has 8 nitrogen and oxygen atoms in total. The zero-order valence-electron chi connectivity index (χ0n) is 18.4. The summed E-state index contributed by atoms with van der Waals surface area (Å²) in [5.41, 5.74) is 5.20. The Hall–Kier alpha value is -2.95. The Bertz CT molecular complexity index is 1250. The molecule has 1 aromatic heterocycles. The minimum absolute atomic E-state index is 0.298. The Morgan fingerprint density at radius 1 is 1.18 bits per heavy atom. The maximum atomic E-state index is 13.0. The molecule has 0 amide bonds. The van der Waals surface area contributed by atoms with Crippen molar-refractivity contribution in [3.8, 4) is 5.75 Å². The van der Waals surface area contributed by atoms with Gasteiger partial charge in [0.05, 0.1) is 17.7 Å². The predicted molar refractivity (Wildman–Crippen MR) is 135 cm³/mol. The van der Waals surface area contributed by atoms with Gasteiger partial charge >= 0.3 is 0 Å². The number of aromatic amines is 1. The summed E-state index contributed by atoms with van der Waals surface area (Å²) in [4.78, 5) is 3.45. The number of ether oxygens (including phenoxy) is 1. The Labute approximate surface area is 199 Å². The summed E-state index contributed by atoms with van der Waals surface area (Å²) < 4.78 is 33.1. The van der Waals surface area contributed by atoms with Crippen LogP contribution >= 0.6 is 12.2 Å². The summed E-state index contributed by atoms with van der Waals surface area (Å²) in [7, 11) is -3.50. The fraction of sp³-hybridized carbons (Fsp3) is 0.304. The highest BCUT2D eigenvalue weighted by Crippen LogP contribution is 2.25. The van der Waals surface area contributed by atoms with Crippen molar-refractivity contribution in [1.29, 1.82) is 0 Å². The number of hydrazone groups is 1. The molecule has 0 atom stereocenters. The fourth-order valence-corrected chi connectivity index (χ4v) is 5.48. The van der Waals surface area contributed by atoms with E-state index in [1.54, 1.807) is 34.9 Å². The van der Waals surface area contributed by atoms with E-state index in [0.29, 0.717) is 29.7 Å². The molecule has 0 radical (unpaired) electrons. The van der Waals surface area contributed by atoms with Gasteiger partial charge in [0.25, 0.3) is 0 Å². The number of nitrogens with one attached hydrogen (secondary N) is 3. The number of H-pyrrole nitrogens is 1. The van der Waals surface area contributed by atoms with Gasteiger partial charge in [-0.25, -0.2) is 8.42 Å². The van der Waals surface area contributed by atoms with Crippen LogP contribution in [0.5, 0.6) is 5.75 Å². The van der Waals surface area contributed by atoms with Crippen LogP contribution in [0.1, 0.15) is 31.7 Å². The van der Waals surface area contributed by atoms with E-state index < -0.39 is 10.0 Å². The number of benzene rings is 2. The summed E-state index contributed by atoms with van der Waals surface area (Å²) in [5, 5.41) is 8.38. The molecular weight excluding hydrogens is 458 g/mol. The lowest BCUT2D eigenvalue weighted by Crippen LogP contribution is -2.35. The molecule has 4 rings (SSSR count). The van der Waals surface area contributed by atoms with E-state index in [0.717, 1.165) is 47.2 Å². The molecule has 33 heavy (non-hydrogen) atoms. The quantitative estimate of drug-likeness (QED) is 0.265. The number of piperidine rings is 1. The van der Waals surface area contributed by atoms with Gasteiger partial charge in [0, 0.05) is 41.4 Å². The summed E-state index contributed by atoms with van der Waals surface area (Å²) >= 11 is 5.29. The van der Waals surface area contributed by atoms with E-state index in [-0.39, 0.29) is 0 Å². The van der Waals surface area contributed by atoms with Crippen molar-refractivity contribution >= 4 is 50.2 Å². The van der Waals surface area contributed by atoms with Crippen molar-refractivity contribution < 1.29 is 13.2 Å². The SMILES string of the molecule is CCOc1ccc(NC(=S)NN=Cc2c[nH]c3ccc(S(=O)(=O)N4CCCCC4)cc23)cc1. The van der Waals surface area contributed by atoms with Gasteiger partial charge in [-0.3, -0.25) is 5.43 Å². The molecule has 1 saturated heterocycles. The molecule has 1 fully saturated rings. The van der Waals surface area contributed by atoms with E-state index in [4.69, 9.17) is 17.0 Å². The molecule has 1 aliphatic heterocycles. The average Bonchev–Trinajstić information content (AvgIpc) is 3.23. The van der Waals surface area contributed by atoms with Crippen molar-refractivity contribution in [3.63, 3.8) is 0 Å². The topological polar surface area (TPSA) is 98.8 Å². The molecule has 2 aromatic carbocycles. The average molecular weight is 486 g/mol. The highest BCUT2D eigenvalue weighted by molar-refractivity contribution is 7.89. The number of hydrogen-bond donors (Lipinski definition) is 3. The number of fused-ring (bicyclic) bond motifs is 1. The highest BCUT2D eigenvalue weighted by atomic mass is 32.2. The zero-order valence-corrected chi connectivity index (χ0v) is 20.0. The zero-order chi connectivity index (χ0) is 23.3. The minimum atomic E-state index is -3.50. The molecular formula is C23H27N5O3S2. The third-order valence-corrected chi connectivity index (χ3v) is 7.52. The predicted octanol–water partition coefficient (Wildman–Crippen LogP) is 4.06. The van der Waals surface area contributed by atoms with Crippen LogP contribution in [-0.4, -0.2) is 48.7 Å². The largest absolute Gasteiger partial charge is 0.494 e. The first kappa shape index (κ1) is 23.2. The smallest absolute Gasteiger partial charge is 0.243 e. The Morgan fingerprint density at radius 3 is 2.67 bits per heavy atom. The molecule has 174 valence electrons. The molecule has 0 saturated carbocycles. The van der Waals surface area contributed by atoms with Gasteiger partial charge in [0.15, 0.2) is 5.11 Å². The Balaban J connectivity index is 1.43. The molecule has 2 heterocycles. The summed E-state index contributed by atoms with van der Waals surface area (Å²) in [6, 6.07) is 12.6. The van der Waals surface area contributed by atoms with Crippen LogP contribution in [0, 0.1) is 0 Å². The van der Waals surface area contributed by atoms with E-state index in [2.05, 4.69) is 20.8 Å². The van der Waals surface area contributed by atoms with E-state index >= 15 is 0 Å². The Morgan fingerprint density at radius 2 is 1.94 bits per heavy atom. The van der Waals surface area contributed by atoms with Crippen molar-refractivity contribution in [2.45, 2.75) is 31.1 Å². The van der Waals surface area contributed by atoms with Crippen molar-refractivity contribution in [1.82, 2.24) is 14.7 Å². The number of anilines is 1. The third-order valence-electron chi connectivity index (χ3n) is 5.43.